The Kier molecular flexibility index (Phi) is 4.29. The Morgan fingerprint density at radius 3 is 2.83 bits per heavy atom. The van der Waals surface area contributed by atoms with Crippen LogP contribution in [0.3, 0.4) is 0 Å². The SMILES string of the molecule is CCn1nc(C)c(Br)c1CSc1ccc(N)cn1. The third kappa shape index (κ3) is 2.87. The van der Waals surface area contributed by atoms with Crippen molar-refractivity contribution >= 4 is 33.4 Å². The molecule has 0 aliphatic heterocycles. The van der Waals surface area contributed by atoms with Gasteiger partial charge >= 0.3 is 0 Å². The molecule has 96 valence electrons. The number of nitrogens with zero attached hydrogens (tertiary/aromatic N) is 3. The van der Waals surface area contributed by atoms with Gasteiger partial charge in [-0.2, -0.15) is 5.10 Å². The summed E-state index contributed by atoms with van der Waals surface area (Å²) in [7, 11) is 0. The van der Waals surface area contributed by atoms with Crippen molar-refractivity contribution in [2.75, 3.05) is 5.73 Å². The zero-order valence-corrected chi connectivity index (χ0v) is 12.8. The first-order valence-electron chi connectivity index (χ1n) is 5.68. The van der Waals surface area contributed by atoms with E-state index in [1.807, 2.05) is 23.7 Å². The summed E-state index contributed by atoms with van der Waals surface area (Å²) >= 11 is 5.27. The lowest BCUT2D eigenvalue weighted by molar-refractivity contribution is 0.631. The summed E-state index contributed by atoms with van der Waals surface area (Å²) in [6.07, 6.45) is 1.68. The highest BCUT2D eigenvalue weighted by Crippen LogP contribution is 2.28. The number of anilines is 1. The second-order valence-corrected chi connectivity index (χ2v) is 5.67. The number of pyridine rings is 1. The lowest BCUT2D eigenvalue weighted by Gasteiger charge is -2.05. The minimum atomic E-state index is 0.690. The Hall–Kier alpha value is -1.01. The molecular formula is C12H15BrN4S. The summed E-state index contributed by atoms with van der Waals surface area (Å²) in [6, 6.07) is 3.81. The molecule has 0 aliphatic carbocycles. The van der Waals surface area contributed by atoms with Gasteiger partial charge in [-0.05, 0) is 41.9 Å². The van der Waals surface area contributed by atoms with Gasteiger partial charge in [0.05, 0.1) is 32.8 Å². The van der Waals surface area contributed by atoms with Crippen molar-refractivity contribution in [3.05, 3.63) is 34.2 Å². The molecule has 0 fully saturated rings. The maximum Gasteiger partial charge on any atom is 0.0965 e. The molecule has 0 amide bonds. The largest absolute Gasteiger partial charge is 0.397 e. The van der Waals surface area contributed by atoms with Gasteiger partial charge in [0, 0.05) is 12.3 Å². The monoisotopic (exact) mass is 326 g/mol. The number of halogens is 1. The molecule has 0 unspecified atom stereocenters. The number of nitrogens with two attached hydrogens (primary N) is 1. The number of thioether (sulfide) groups is 1. The van der Waals surface area contributed by atoms with E-state index >= 15 is 0 Å². The van der Waals surface area contributed by atoms with Gasteiger partial charge in [0.2, 0.25) is 0 Å². The molecule has 2 aromatic rings. The van der Waals surface area contributed by atoms with Crippen molar-refractivity contribution in [2.24, 2.45) is 0 Å². The molecule has 0 aromatic carbocycles. The Balaban J connectivity index is 2.12. The average Bonchev–Trinajstić information content (AvgIpc) is 2.65. The van der Waals surface area contributed by atoms with Crippen molar-refractivity contribution in [1.29, 1.82) is 0 Å². The van der Waals surface area contributed by atoms with Crippen LogP contribution >= 0.6 is 27.7 Å². The number of aryl methyl sites for hydroxylation is 2. The Morgan fingerprint density at radius 1 is 1.44 bits per heavy atom. The summed E-state index contributed by atoms with van der Waals surface area (Å²) in [6.45, 7) is 4.97. The van der Waals surface area contributed by atoms with Crippen LogP contribution in [0, 0.1) is 6.92 Å². The van der Waals surface area contributed by atoms with Crippen LogP contribution in [-0.2, 0) is 12.3 Å². The Labute approximate surface area is 119 Å². The second kappa shape index (κ2) is 5.75. The molecule has 2 heterocycles. The van der Waals surface area contributed by atoms with Crippen LogP contribution in [0.5, 0.6) is 0 Å². The van der Waals surface area contributed by atoms with Crippen LogP contribution in [0.1, 0.15) is 18.3 Å². The van der Waals surface area contributed by atoms with Gasteiger partial charge < -0.3 is 5.73 Å². The molecule has 0 saturated heterocycles. The zero-order chi connectivity index (χ0) is 13.1. The van der Waals surface area contributed by atoms with Gasteiger partial charge in [0.15, 0.2) is 0 Å². The fourth-order valence-electron chi connectivity index (χ4n) is 1.63. The molecule has 0 radical (unpaired) electrons. The van der Waals surface area contributed by atoms with Gasteiger partial charge in [-0.3, -0.25) is 4.68 Å². The highest BCUT2D eigenvalue weighted by molar-refractivity contribution is 9.10. The molecular weight excluding hydrogens is 312 g/mol. The first kappa shape index (κ1) is 13.4. The normalized spacial score (nSPS) is 10.8. The smallest absolute Gasteiger partial charge is 0.0965 e. The predicted octanol–water partition coefficient (Wildman–Crippen LogP) is 3.24. The Bertz CT molecular complexity index is 536. The van der Waals surface area contributed by atoms with Crippen LogP contribution in [0.4, 0.5) is 5.69 Å². The van der Waals surface area contributed by atoms with E-state index in [4.69, 9.17) is 5.73 Å². The predicted molar refractivity (Wildman–Crippen MR) is 78.5 cm³/mol. The summed E-state index contributed by atoms with van der Waals surface area (Å²) in [5.74, 6) is 0.839. The van der Waals surface area contributed by atoms with Crippen molar-refractivity contribution in [2.45, 2.75) is 31.2 Å². The van der Waals surface area contributed by atoms with Crippen molar-refractivity contribution in [1.82, 2.24) is 14.8 Å². The molecule has 2 N–H and O–H groups in total. The first-order valence-corrected chi connectivity index (χ1v) is 7.45. The lowest BCUT2D eigenvalue weighted by atomic mass is 10.4. The second-order valence-electron chi connectivity index (χ2n) is 3.88. The van der Waals surface area contributed by atoms with E-state index in [0.717, 1.165) is 27.5 Å². The standard InChI is InChI=1S/C12H15BrN4S/c1-3-17-10(12(13)8(2)16-17)7-18-11-5-4-9(14)6-15-11/h4-6H,3,7,14H2,1-2H3. The van der Waals surface area contributed by atoms with Gasteiger partial charge in [-0.15, -0.1) is 11.8 Å². The fraction of sp³-hybridized carbons (Fsp3) is 0.333. The summed E-state index contributed by atoms with van der Waals surface area (Å²) in [5, 5.41) is 5.44. The molecule has 0 aliphatic rings. The molecule has 4 nitrogen and oxygen atoms in total. The van der Waals surface area contributed by atoms with Crippen molar-refractivity contribution in [3.8, 4) is 0 Å². The van der Waals surface area contributed by atoms with Gasteiger partial charge in [0.25, 0.3) is 0 Å². The molecule has 6 heteroatoms. The third-order valence-corrected chi connectivity index (χ3v) is 4.56. The third-order valence-electron chi connectivity index (χ3n) is 2.57. The van der Waals surface area contributed by atoms with Crippen LogP contribution in [-0.4, -0.2) is 14.8 Å². The number of rotatable bonds is 4. The number of hydrogen-bond donors (Lipinski definition) is 1. The highest BCUT2D eigenvalue weighted by atomic mass is 79.9. The minimum Gasteiger partial charge on any atom is -0.397 e. The van der Waals surface area contributed by atoms with Crippen LogP contribution in [0.15, 0.2) is 27.8 Å². The van der Waals surface area contributed by atoms with Crippen molar-refractivity contribution in [3.63, 3.8) is 0 Å². The van der Waals surface area contributed by atoms with E-state index in [1.54, 1.807) is 18.0 Å². The van der Waals surface area contributed by atoms with Crippen molar-refractivity contribution < 1.29 is 0 Å². The van der Waals surface area contributed by atoms with E-state index in [0.29, 0.717) is 5.69 Å². The first-order chi connectivity index (χ1) is 8.61. The number of nitrogen functional groups attached to an aromatic ring is 1. The number of aromatic nitrogens is 3. The molecule has 0 saturated carbocycles. The average molecular weight is 327 g/mol. The van der Waals surface area contributed by atoms with E-state index in [2.05, 4.69) is 32.9 Å². The summed E-state index contributed by atoms with van der Waals surface area (Å²) < 4.78 is 3.11. The zero-order valence-electron chi connectivity index (χ0n) is 10.4. The molecule has 2 rings (SSSR count). The van der Waals surface area contributed by atoms with Gasteiger partial charge in [0.1, 0.15) is 0 Å². The van der Waals surface area contributed by atoms with E-state index in [9.17, 15) is 0 Å². The lowest BCUT2D eigenvalue weighted by Crippen LogP contribution is -2.01. The van der Waals surface area contributed by atoms with Crippen LogP contribution in [0.25, 0.3) is 0 Å². The maximum atomic E-state index is 5.61. The topological polar surface area (TPSA) is 56.7 Å². The van der Waals surface area contributed by atoms with Crippen LogP contribution in [0.2, 0.25) is 0 Å². The fourth-order valence-corrected chi connectivity index (χ4v) is 3.11. The van der Waals surface area contributed by atoms with E-state index in [1.165, 1.54) is 5.69 Å². The van der Waals surface area contributed by atoms with E-state index in [-0.39, 0.29) is 0 Å². The molecule has 0 bridgehead atoms. The van der Waals surface area contributed by atoms with Gasteiger partial charge in [-0.1, -0.05) is 0 Å². The summed E-state index contributed by atoms with van der Waals surface area (Å²) in [5.41, 5.74) is 8.52. The summed E-state index contributed by atoms with van der Waals surface area (Å²) in [4.78, 5) is 4.28. The quantitative estimate of drug-likeness (QED) is 0.876. The maximum absolute atomic E-state index is 5.61. The van der Waals surface area contributed by atoms with Crippen LogP contribution < -0.4 is 5.73 Å². The number of hydrogen-bond acceptors (Lipinski definition) is 4. The molecule has 18 heavy (non-hydrogen) atoms. The molecule has 0 atom stereocenters. The highest BCUT2D eigenvalue weighted by Gasteiger charge is 2.12. The Morgan fingerprint density at radius 2 is 2.22 bits per heavy atom. The molecule has 0 spiro atoms. The minimum absolute atomic E-state index is 0.690. The van der Waals surface area contributed by atoms with Gasteiger partial charge in [-0.25, -0.2) is 4.98 Å². The molecule has 2 aromatic heterocycles. The van der Waals surface area contributed by atoms with E-state index < -0.39 is 0 Å².